The Labute approximate surface area is 208 Å². The highest BCUT2D eigenvalue weighted by molar-refractivity contribution is 6.32. The van der Waals surface area contributed by atoms with Crippen LogP contribution in [0.4, 0.5) is 10.1 Å². The van der Waals surface area contributed by atoms with Crippen LogP contribution in [-0.2, 0) is 6.42 Å². The van der Waals surface area contributed by atoms with Gasteiger partial charge in [0.2, 0.25) is 0 Å². The number of hydrogen-bond acceptors (Lipinski definition) is 4. The van der Waals surface area contributed by atoms with Crippen LogP contribution >= 0.6 is 23.2 Å². The zero-order chi connectivity index (χ0) is 23.9. The fourth-order valence-electron chi connectivity index (χ4n) is 4.04. The number of amides is 1. The van der Waals surface area contributed by atoms with Crippen LogP contribution in [0.3, 0.4) is 0 Å². The summed E-state index contributed by atoms with van der Waals surface area (Å²) in [5.41, 5.74) is 2.46. The Morgan fingerprint density at radius 1 is 1.06 bits per heavy atom. The molecule has 1 saturated heterocycles. The number of anilines is 1. The summed E-state index contributed by atoms with van der Waals surface area (Å²) in [6, 6.07) is 13.3. The summed E-state index contributed by atoms with van der Waals surface area (Å²) >= 11 is 12.3. The minimum Gasteiger partial charge on any atom is -0.492 e. The number of nitrogens with zero attached hydrogens (tertiary/aromatic N) is 2. The highest BCUT2D eigenvalue weighted by Gasteiger charge is 2.20. The van der Waals surface area contributed by atoms with E-state index in [1.807, 2.05) is 24.5 Å². The number of rotatable bonds is 8. The minimum atomic E-state index is -0.379. The number of aromatic nitrogens is 1. The number of carbonyl (C=O) groups is 1. The van der Waals surface area contributed by atoms with Crippen molar-refractivity contribution in [2.45, 2.75) is 19.3 Å². The highest BCUT2D eigenvalue weighted by Crippen LogP contribution is 2.27. The molecule has 0 spiro atoms. The van der Waals surface area contributed by atoms with Crippen molar-refractivity contribution in [1.82, 2.24) is 10.3 Å². The normalized spacial score (nSPS) is 14.1. The van der Waals surface area contributed by atoms with Gasteiger partial charge in [-0.15, -0.1) is 0 Å². The molecule has 1 aliphatic heterocycles. The summed E-state index contributed by atoms with van der Waals surface area (Å²) in [6.07, 6.45) is 6.14. The topological polar surface area (TPSA) is 54.5 Å². The second-order valence-electron chi connectivity index (χ2n) is 8.33. The van der Waals surface area contributed by atoms with Gasteiger partial charge in [0.15, 0.2) is 0 Å². The van der Waals surface area contributed by atoms with Crippen molar-refractivity contribution in [3.05, 3.63) is 87.9 Å². The first-order chi connectivity index (χ1) is 16.5. The average Bonchev–Trinajstić information content (AvgIpc) is 2.86. The van der Waals surface area contributed by atoms with Gasteiger partial charge in [0.25, 0.3) is 5.91 Å². The Bertz CT molecular complexity index is 1120. The molecule has 1 N–H and O–H groups in total. The van der Waals surface area contributed by atoms with Gasteiger partial charge in [0.1, 0.15) is 11.6 Å². The van der Waals surface area contributed by atoms with Gasteiger partial charge >= 0.3 is 0 Å². The molecule has 1 fully saturated rings. The summed E-state index contributed by atoms with van der Waals surface area (Å²) < 4.78 is 19.0. The van der Waals surface area contributed by atoms with E-state index in [2.05, 4.69) is 15.2 Å². The van der Waals surface area contributed by atoms with E-state index < -0.39 is 0 Å². The lowest BCUT2D eigenvalue weighted by molar-refractivity contribution is 0.0944. The molecule has 1 aromatic heterocycles. The van der Waals surface area contributed by atoms with Crippen LogP contribution in [0.1, 0.15) is 28.8 Å². The number of benzene rings is 2. The molecule has 34 heavy (non-hydrogen) atoms. The monoisotopic (exact) mass is 501 g/mol. The molecular formula is C26H26Cl2FN3O2. The lowest BCUT2D eigenvalue weighted by Gasteiger charge is -2.33. The number of hydrogen-bond donors (Lipinski definition) is 1. The van der Waals surface area contributed by atoms with Crippen molar-refractivity contribution in [2.75, 3.05) is 31.1 Å². The molecule has 2 aromatic carbocycles. The van der Waals surface area contributed by atoms with Gasteiger partial charge in [-0.25, -0.2) is 4.39 Å². The number of nitrogens with one attached hydrogen (secondary N) is 1. The van der Waals surface area contributed by atoms with Gasteiger partial charge in [-0.3, -0.25) is 9.78 Å². The summed E-state index contributed by atoms with van der Waals surface area (Å²) in [5, 5.41) is 3.82. The maximum Gasteiger partial charge on any atom is 0.251 e. The van der Waals surface area contributed by atoms with Crippen molar-refractivity contribution < 1.29 is 13.9 Å². The molecule has 5 nitrogen and oxygen atoms in total. The predicted molar refractivity (Wildman–Crippen MR) is 134 cm³/mol. The number of carbonyl (C=O) groups excluding carboxylic acids is 1. The second-order valence-corrected chi connectivity index (χ2v) is 9.14. The molecule has 1 amide bonds. The van der Waals surface area contributed by atoms with Gasteiger partial charge in [0, 0.05) is 54.7 Å². The molecule has 0 aliphatic carbocycles. The van der Waals surface area contributed by atoms with Crippen molar-refractivity contribution in [1.29, 1.82) is 0 Å². The molecule has 1 aliphatic rings. The fraction of sp³-hybridized carbons (Fsp3) is 0.308. The van der Waals surface area contributed by atoms with Crippen LogP contribution < -0.4 is 15.0 Å². The van der Waals surface area contributed by atoms with E-state index in [4.69, 9.17) is 27.9 Å². The van der Waals surface area contributed by atoms with Crippen LogP contribution in [0.15, 0.2) is 60.9 Å². The van der Waals surface area contributed by atoms with Gasteiger partial charge in [-0.2, -0.15) is 0 Å². The number of halogens is 3. The van der Waals surface area contributed by atoms with Gasteiger partial charge < -0.3 is 15.0 Å². The summed E-state index contributed by atoms with van der Waals surface area (Å²) in [4.78, 5) is 19.1. The van der Waals surface area contributed by atoms with Crippen LogP contribution in [0, 0.1) is 11.7 Å². The molecule has 2 heterocycles. The molecule has 0 atom stereocenters. The number of piperidine rings is 1. The third-order valence-corrected chi connectivity index (χ3v) is 6.70. The lowest BCUT2D eigenvalue weighted by atomic mass is 9.96. The van der Waals surface area contributed by atoms with E-state index in [1.165, 1.54) is 17.8 Å². The van der Waals surface area contributed by atoms with Crippen molar-refractivity contribution in [3.8, 4) is 5.75 Å². The van der Waals surface area contributed by atoms with Gasteiger partial charge in [0.05, 0.1) is 11.6 Å². The Balaban J connectivity index is 1.26. The molecule has 0 unspecified atom stereocenters. The fourth-order valence-corrected chi connectivity index (χ4v) is 4.47. The molecule has 3 aromatic rings. The van der Waals surface area contributed by atoms with Gasteiger partial charge in [-0.05, 0) is 66.8 Å². The number of ether oxygens (including phenoxy) is 1. The molecule has 178 valence electrons. The Hall–Kier alpha value is -2.83. The highest BCUT2D eigenvalue weighted by atomic mass is 35.5. The zero-order valence-electron chi connectivity index (χ0n) is 18.6. The maximum absolute atomic E-state index is 13.2. The Morgan fingerprint density at radius 3 is 2.56 bits per heavy atom. The second kappa shape index (κ2) is 11.5. The van der Waals surface area contributed by atoms with Crippen LogP contribution in [0.5, 0.6) is 5.75 Å². The SMILES string of the molecule is O=C(NCC1CCN(c2ccncc2)CC1)c1ccc(Cl)c(OCCc2ccc(F)cc2Cl)c1. The number of pyridine rings is 1. The first-order valence-corrected chi connectivity index (χ1v) is 12.0. The first kappa shape index (κ1) is 24.3. The quantitative estimate of drug-likeness (QED) is 0.424. The van der Waals surface area contributed by atoms with Crippen LogP contribution in [0.2, 0.25) is 10.0 Å². The lowest BCUT2D eigenvalue weighted by Crippen LogP contribution is -2.38. The standard InChI is InChI=1S/C26H26Cl2FN3O2/c27-23-4-2-20(15-25(23)34-14-9-19-1-3-21(29)16-24(19)28)26(33)31-17-18-7-12-32(13-8-18)22-5-10-30-11-6-22/h1-6,10-11,15-16,18H,7-9,12-14,17H2,(H,31,33). The summed E-state index contributed by atoms with van der Waals surface area (Å²) in [5.74, 6) is 0.333. The van der Waals surface area contributed by atoms with E-state index in [0.717, 1.165) is 31.5 Å². The summed E-state index contributed by atoms with van der Waals surface area (Å²) in [6.45, 7) is 2.85. The third kappa shape index (κ3) is 6.39. The first-order valence-electron chi connectivity index (χ1n) is 11.3. The van der Waals surface area contributed by atoms with Crippen molar-refractivity contribution in [2.24, 2.45) is 5.92 Å². The zero-order valence-corrected chi connectivity index (χ0v) is 20.2. The smallest absolute Gasteiger partial charge is 0.251 e. The van der Waals surface area contributed by atoms with E-state index in [9.17, 15) is 9.18 Å². The van der Waals surface area contributed by atoms with Crippen molar-refractivity contribution in [3.63, 3.8) is 0 Å². The molecule has 0 radical (unpaired) electrons. The molecule has 0 saturated carbocycles. The van der Waals surface area contributed by atoms with E-state index in [1.54, 1.807) is 24.3 Å². The molecule has 4 rings (SSSR count). The Morgan fingerprint density at radius 2 is 1.82 bits per heavy atom. The van der Waals surface area contributed by atoms with Crippen molar-refractivity contribution >= 4 is 34.8 Å². The van der Waals surface area contributed by atoms with E-state index >= 15 is 0 Å². The maximum atomic E-state index is 13.2. The van der Waals surface area contributed by atoms with E-state index in [0.29, 0.717) is 46.8 Å². The largest absolute Gasteiger partial charge is 0.492 e. The third-order valence-electron chi connectivity index (χ3n) is 6.03. The Kier molecular flexibility index (Phi) is 8.25. The van der Waals surface area contributed by atoms with Gasteiger partial charge in [-0.1, -0.05) is 29.3 Å². The van der Waals surface area contributed by atoms with Crippen LogP contribution in [-0.4, -0.2) is 37.1 Å². The predicted octanol–water partition coefficient (Wildman–Crippen LogP) is 5.80. The molecular weight excluding hydrogens is 476 g/mol. The molecule has 8 heteroatoms. The average molecular weight is 502 g/mol. The minimum absolute atomic E-state index is 0.153. The summed E-state index contributed by atoms with van der Waals surface area (Å²) in [7, 11) is 0. The van der Waals surface area contributed by atoms with Crippen LogP contribution in [0.25, 0.3) is 0 Å². The van der Waals surface area contributed by atoms with E-state index in [-0.39, 0.29) is 11.7 Å². The molecule has 0 bridgehead atoms.